The van der Waals surface area contributed by atoms with Crippen LogP contribution in [0.5, 0.6) is 0 Å². The van der Waals surface area contributed by atoms with E-state index < -0.39 is 0 Å². The monoisotopic (exact) mass is 247 g/mol. The van der Waals surface area contributed by atoms with Crippen molar-refractivity contribution in [3.8, 4) is 0 Å². The predicted molar refractivity (Wildman–Crippen MR) is 72.9 cm³/mol. The molecule has 0 aliphatic carbocycles. The van der Waals surface area contributed by atoms with Crippen LogP contribution in [0.3, 0.4) is 0 Å². The Hall–Kier alpha value is -1.74. The molecule has 1 aromatic heterocycles. The van der Waals surface area contributed by atoms with Crippen molar-refractivity contribution in [3.63, 3.8) is 0 Å². The molecule has 0 amide bonds. The van der Waals surface area contributed by atoms with E-state index in [4.69, 9.17) is 17.3 Å². The first-order chi connectivity index (χ1) is 8.08. The molecular formula is C13H14ClN3. The summed E-state index contributed by atoms with van der Waals surface area (Å²) in [5.74, 6) is 0.881. The highest BCUT2D eigenvalue weighted by molar-refractivity contribution is 6.33. The van der Waals surface area contributed by atoms with Gasteiger partial charge in [-0.2, -0.15) is 0 Å². The maximum atomic E-state index is 5.90. The molecule has 2 rings (SSSR count). The van der Waals surface area contributed by atoms with Crippen molar-refractivity contribution in [2.24, 2.45) is 0 Å². The summed E-state index contributed by atoms with van der Waals surface area (Å²) in [5.41, 5.74) is 8.49. The largest absolute Gasteiger partial charge is 0.397 e. The van der Waals surface area contributed by atoms with Gasteiger partial charge in [-0.05, 0) is 42.8 Å². The third-order valence-electron chi connectivity index (χ3n) is 2.61. The molecule has 1 heterocycles. The highest BCUT2D eigenvalue weighted by atomic mass is 35.5. The van der Waals surface area contributed by atoms with E-state index in [-0.39, 0.29) is 0 Å². The molecule has 88 valence electrons. The van der Waals surface area contributed by atoms with Crippen molar-refractivity contribution < 1.29 is 0 Å². The maximum absolute atomic E-state index is 5.90. The SMILES string of the molecule is Cc1ccnc(N(C)c2ccc(Cl)c(N)c2)c1. The average molecular weight is 248 g/mol. The van der Waals surface area contributed by atoms with Gasteiger partial charge in [0.15, 0.2) is 0 Å². The Balaban J connectivity index is 2.36. The number of aryl methyl sites for hydroxylation is 1. The van der Waals surface area contributed by atoms with Crippen LogP contribution in [0.2, 0.25) is 5.02 Å². The summed E-state index contributed by atoms with van der Waals surface area (Å²) < 4.78 is 0. The van der Waals surface area contributed by atoms with E-state index in [2.05, 4.69) is 4.98 Å². The Morgan fingerprint density at radius 1 is 1.24 bits per heavy atom. The van der Waals surface area contributed by atoms with E-state index in [0.717, 1.165) is 11.5 Å². The molecule has 0 atom stereocenters. The highest BCUT2D eigenvalue weighted by Crippen LogP contribution is 2.28. The summed E-state index contributed by atoms with van der Waals surface area (Å²) in [7, 11) is 1.95. The van der Waals surface area contributed by atoms with Gasteiger partial charge in [0.1, 0.15) is 5.82 Å². The lowest BCUT2D eigenvalue weighted by Gasteiger charge is -2.19. The summed E-state index contributed by atoms with van der Waals surface area (Å²) >= 11 is 5.90. The molecule has 0 radical (unpaired) electrons. The topological polar surface area (TPSA) is 42.2 Å². The van der Waals surface area contributed by atoms with Crippen LogP contribution in [-0.4, -0.2) is 12.0 Å². The molecule has 2 aromatic rings. The molecule has 1 aromatic carbocycles. The van der Waals surface area contributed by atoms with Crippen LogP contribution in [-0.2, 0) is 0 Å². The van der Waals surface area contributed by atoms with Crippen molar-refractivity contribution in [3.05, 3.63) is 47.1 Å². The first-order valence-electron chi connectivity index (χ1n) is 5.29. The second-order valence-corrected chi connectivity index (χ2v) is 4.36. The average Bonchev–Trinajstić information content (AvgIpc) is 2.32. The summed E-state index contributed by atoms with van der Waals surface area (Å²) in [6, 6.07) is 9.53. The van der Waals surface area contributed by atoms with Gasteiger partial charge in [-0.3, -0.25) is 0 Å². The van der Waals surface area contributed by atoms with E-state index in [1.165, 1.54) is 5.56 Å². The second-order valence-electron chi connectivity index (χ2n) is 3.96. The fraction of sp³-hybridized carbons (Fsp3) is 0.154. The third-order valence-corrected chi connectivity index (χ3v) is 2.96. The van der Waals surface area contributed by atoms with Crippen LogP contribution in [0.25, 0.3) is 0 Å². The summed E-state index contributed by atoms with van der Waals surface area (Å²) in [6.45, 7) is 2.04. The summed E-state index contributed by atoms with van der Waals surface area (Å²) in [4.78, 5) is 6.29. The number of nitrogens with two attached hydrogens (primary N) is 1. The normalized spacial score (nSPS) is 10.3. The number of rotatable bonds is 2. The molecule has 0 spiro atoms. The zero-order valence-corrected chi connectivity index (χ0v) is 10.6. The molecule has 17 heavy (non-hydrogen) atoms. The third kappa shape index (κ3) is 2.50. The van der Waals surface area contributed by atoms with Gasteiger partial charge in [0.05, 0.1) is 10.7 Å². The van der Waals surface area contributed by atoms with Gasteiger partial charge >= 0.3 is 0 Å². The van der Waals surface area contributed by atoms with Crippen molar-refractivity contribution in [1.29, 1.82) is 0 Å². The minimum Gasteiger partial charge on any atom is -0.397 e. The van der Waals surface area contributed by atoms with Crippen LogP contribution >= 0.6 is 11.6 Å². The standard InChI is InChI=1S/C13H14ClN3/c1-9-5-6-16-13(7-9)17(2)10-3-4-11(14)12(15)8-10/h3-8H,15H2,1-2H3. The zero-order valence-electron chi connectivity index (χ0n) is 9.81. The van der Waals surface area contributed by atoms with Gasteiger partial charge in [0.25, 0.3) is 0 Å². The van der Waals surface area contributed by atoms with Crippen molar-refractivity contribution in [2.45, 2.75) is 6.92 Å². The zero-order chi connectivity index (χ0) is 12.4. The second kappa shape index (κ2) is 4.63. The Labute approximate surface area is 106 Å². The smallest absolute Gasteiger partial charge is 0.132 e. The van der Waals surface area contributed by atoms with Crippen LogP contribution in [0.1, 0.15) is 5.56 Å². The molecule has 0 aliphatic rings. The van der Waals surface area contributed by atoms with Gasteiger partial charge in [-0.15, -0.1) is 0 Å². The van der Waals surface area contributed by atoms with Gasteiger partial charge in [0.2, 0.25) is 0 Å². The lowest BCUT2D eigenvalue weighted by Crippen LogP contribution is -2.11. The molecule has 0 aliphatic heterocycles. The number of halogens is 1. The first-order valence-corrected chi connectivity index (χ1v) is 5.67. The summed E-state index contributed by atoms with van der Waals surface area (Å²) in [5, 5.41) is 0.569. The molecule has 4 heteroatoms. The Morgan fingerprint density at radius 2 is 2.00 bits per heavy atom. The van der Waals surface area contributed by atoms with Gasteiger partial charge in [-0.25, -0.2) is 4.98 Å². The fourth-order valence-electron chi connectivity index (χ4n) is 1.58. The summed E-state index contributed by atoms with van der Waals surface area (Å²) in [6.07, 6.45) is 1.79. The lowest BCUT2D eigenvalue weighted by atomic mass is 10.2. The highest BCUT2D eigenvalue weighted by Gasteiger charge is 2.06. The Bertz CT molecular complexity index is 540. The Morgan fingerprint density at radius 3 is 2.65 bits per heavy atom. The number of benzene rings is 1. The number of hydrogen-bond acceptors (Lipinski definition) is 3. The van der Waals surface area contributed by atoms with Crippen LogP contribution < -0.4 is 10.6 Å². The van der Waals surface area contributed by atoms with Gasteiger partial charge in [0, 0.05) is 18.9 Å². The van der Waals surface area contributed by atoms with E-state index in [1.807, 2.05) is 43.1 Å². The van der Waals surface area contributed by atoms with Gasteiger partial charge in [-0.1, -0.05) is 11.6 Å². The number of aromatic nitrogens is 1. The number of nitrogen functional groups attached to an aromatic ring is 1. The minimum absolute atomic E-state index is 0.569. The van der Waals surface area contributed by atoms with Crippen molar-refractivity contribution in [1.82, 2.24) is 4.98 Å². The van der Waals surface area contributed by atoms with Crippen LogP contribution in [0, 0.1) is 6.92 Å². The van der Waals surface area contributed by atoms with Gasteiger partial charge < -0.3 is 10.6 Å². The van der Waals surface area contributed by atoms with E-state index in [0.29, 0.717) is 10.7 Å². The molecule has 3 nitrogen and oxygen atoms in total. The molecule has 2 N–H and O–H groups in total. The molecular weight excluding hydrogens is 234 g/mol. The molecule has 0 saturated heterocycles. The van der Waals surface area contributed by atoms with Crippen LogP contribution in [0.15, 0.2) is 36.5 Å². The maximum Gasteiger partial charge on any atom is 0.132 e. The quantitative estimate of drug-likeness (QED) is 0.827. The fourth-order valence-corrected chi connectivity index (χ4v) is 1.69. The molecule has 0 fully saturated rings. The minimum atomic E-state index is 0.569. The molecule has 0 saturated carbocycles. The number of hydrogen-bond donors (Lipinski definition) is 1. The molecule has 0 bridgehead atoms. The number of anilines is 3. The first kappa shape index (κ1) is 11.7. The van der Waals surface area contributed by atoms with Crippen LogP contribution in [0.4, 0.5) is 17.2 Å². The number of nitrogens with zero attached hydrogens (tertiary/aromatic N) is 2. The van der Waals surface area contributed by atoms with Crippen molar-refractivity contribution in [2.75, 3.05) is 17.7 Å². The Kier molecular flexibility index (Phi) is 3.20. The lowest BCUT2D eigenvalue weighted by molar-refractivity contribution is 1.12. The van der Waals surface area contributed by atoms with Crippen molar-refractivity contribution >= 4 is 28.8 Å². The van der Waals surface area contributed by atoms with E-state index >= 15 is 0 Å². The number of pyridine rings is 1. The predicted octanol–water partition coefficient (Wildman–Crippen LogP) is 3.39. The van der Waals surface area contributed by atoms with E-state index in [1.54, 1.807) is 12.3 Å². The molecule has 0 unspecified atom stereocenters. The van der Waals surface area contributed by atoms with E-state index in [9.17, 15) is 0 Å².